The minimum absolute atomic E-state index is 0.140. The molecule has 0 amide bonds. The average Bonchev–Trinajstić information content (AvgIpc) is 3.07. The summed E-state index contributed by atoms with van der Waals surface area (Å²) in [6, 6.07) is 3.52. The Kier molecular flexibility index (Phi) is 5.86. The summed E-state index contributed by atoms with van der Waals surface area (Å²) in [5, 5.41) is 1.44. The van der Waals surface area contributed by atoms with Gasteiger partial charge in [0.15, 0.2) is 17.3 Å². The summed E-state index contributed by atoms with van der Waals surface area (Å²) >= 11 is 14.4. The number of aromatic nitrogens is 2. The van der Waals surface area contributed by atoms with Crippen molar-refractivity contribution in [3.05, 3.63) is 49.3 Å². The number of H-pyrrole nitrogens is 1. The first-order valence-corrected chi connectivity index (χ1v) is 11.0. The fraction of sp³-hybridized carbons (Fsp3) is 0.333. The number of hydrogen-bond donors (Lipinski definition) is 1. The molecule has 1 aliphatic carbocycles. The van der Waals surface area contributed by atoms with Gasteiger partial charge in [0.1, 0.15) is 4.83 Å². The molecular weight excluding hydrogens is 431 g/mol. The number of aromatic amines is 1. The van der Waals surface area contributed by atoms with Crippen molar-refractivity contribution in [3.8, 4) is 11.5 Å². The second-order valence-electron chi connectivity index (χ2n) is 6.76. The maximum absolute atomic E-state index is 12.7. The number of nitrogens with one attached hydrogen (secondary N) is 1. The fourth-order valence-electron chi connectivity index (χ4n) is 3.62. The van der Waals surface area contributed by atoms with E-state index in [0.717, 1.165) is 41.6 Å². The molecule has 0 spiro atoms. The van der Waals surface area contributed by atoms with E-state index in [1.165, 1.54) is 12.0 Å². The van der Waals surface area contributed by atoms with Crippen molar-refractivity contribution >= 4 is 55.9 Å². The van der Waals surface area contributed by atoms with Gasteiger partial charge in [0.05, 0.1) is 29.2 Å². The molecule has 0 unspecified atom stereocenters. The van der Waals surface area contributed by atoms with Crippen LogP contribution in [0.15, 0.2) is 16.9 Å². The molecule has 0 saturated heterocycles. The first-order valence-electron chi connectivity index (χ1n) is 9.44. The highest BCUT2D eigenvalue weighted by Crippen LogP contribution is 2.38. The number of thiophene rings is 1. The molecule has 0 radical (unpaired) electrons. The van der Waals surface area contributed by atoms with Gasteiger partial charge in [0.2, 0.25) is 0 Å². The number of hydrogen-bond acceptors (Lipinski definition) is 5. The maximum Gasteiger partial charge on any atom is 0.260 e. The number of methoxy groups -OCH3 is 1. The predicted molar refractivity (Wildman–Crippen MR) is 120 cm³/mol. The normalized spacial score (nSPS) is 14.1. The van der Waals surface area contributed by atoms with Crippen LogP contribution in [0.1, 0.15) is 41.6 Å². The van der Waals surface area contributed by atoms with E-state index >= 15 is 0 Å². The molecule has 0 atom stereocenters. The molecule has 4 rings (SSSR count). The molecule has 8 heteroatoms. The lowest BCUT2D eigenvalue weighted by Gasteiger charge is -2.12. The maximum atomic E-state index is 12.7. The van der Waals surface area contributed by atoms with E-state index in [9.17, 15) is 4.79 Å². The molecule has 1 aromatic carbocycles. The first kappa shape index (κ1) is 20.3. The predicted octanol–water partition coefficient (Wildman–Crippen LogP) is 5.66. The molecular formula is C21H20Cl2N2O3S. The SMILES string of the molecule is CCOc1cc(/C=C(\Cl)c2nc3sc4c(c3c(=O)[nH]2)CCCC4)cc(Cl)c1OC. The third-order valence-electron chi connectivity index (χ3n) is 4.88. The van der Waals surface area contributed by atoms with Crippen LogP contribution in [0.25, 0.3) is 21.3 Å². The van der Waals surface area contributed by atoms with Crippen molar-refractivity contribution in [1.29, 1.82) is 0 Å². The van der Waals surface area contributed by atoms with Crippen LogP contribution in [0.2, 0.25) is 5.02 Å². The average molecular weight is 451 g/mol. The van der Waals surface area contributed by atoms with E-state index < -0.39 is 0 Å². The Labute approximate surface area is 182 Å². The second-order valence-corrected chi connectivity index (χ2v) is 8.66. The molecule has 0 fully saturated rings. The molecule has 5 nitrogen and oxygen atoms in total. The Morgan fingerprint density at radius 3 is 2.90 bits per heavy atom. The number of halogens is 2. The van der Waals surface area contributed by atoms with Crippen LogP contribution in [-0.2, 0) is 12.8 Å². The molecule has 0 bridgehead atoms. The standard InChI is InChI=1S/C21H20Cl2N2O3S/c1-3-28-15-10-11(8-13(22)18(15)27-2)9-14(23)19-24-20(26)17-12-6-4-5-7-16(12)29-21(17)25-19/h8-10H,3-7H2,1-2H3,(H,24,25,26)/b14-9-. The molecule has 2 aromatic heterocycles. The smallest absolute Gasteiger partial charge is 0.260 e. The molecule has 3 aromatic rings. The highest BCUT2D eigenvalue weighted by atomic mass is 35.5. The first-order chi connectivity index (χ1) is 14.0. The van der Waals surface area contributed by atoms with Gasteiger partial charge in [-0.1, -0.05) is 23.2 Å². The van der Waals surface area contributed by atoms with E-state index in [2.05, 4.69) is 9.97 Å². The Balaban J connectivity index is 1.76. The lowest BCUT2D eigenvalue weighted by Crippen LogP contribution is -2.12. The van der Waals surface area contributed by atoms with Crippen LogP contribution in [0.4, 0.5) is 0 Å². The van der Waals surface area contributed by atoms with Crippen molar-refractivity contribution in [2.75, 3.05) is 13.7 Å². The van der Waals surface area contributed by atoms with Gasteiger partial charge in [-0.3, -0.25) is 4.79 Å². The van der Waals surface area contributed by atoms with Crippen LogP contribution in [0.5, 0.6) is 11.5 Å². The van der Waals surface area contributed by atoms with Gasteiger partial charge >= 0.3 is 0 Å². The van der Waals surface area contributed by atoms with Crippen LogP contribution in [0, 0.1) is 0 Å². The largest absolute Gasteiger partial charge is 0.491 e. The summed E-state index contributed by atoms with van der Waals surface area (Å²) in [4.78, 5) is 22.2. The molecule has 2 heterocycles. The zero-order valence-electron chi connectivity index (χ0n) is 16.1. The van der Waals surface area contributed by atoms with Gasteiger partial charge in [-0.2, -0.15) is 0 Å². The number of fused-ring (bicyclic) bond motifs is 3. The topological polar surface area (TPSA) is 64.2 Å². The number of nitrogens with zero attached hydrogens (tertiary/aromatic N) is 1. The summed E-state index contributed by atoms with van der Waals surface area (Å²) in [6.07, 6.45) is 5.92. The van der Waals surface area contributed by atoms with Crippen molar-refractivity contribution < 1.29 is 9.47 Å². The summed E-state index contributed by atoms with van der Waals surface area (Å²) in [5.74, 6) is 1.34. The highest BCUT2D eigenvalue weighted by Gasteiger charge is 2.20. The summed E-state index contributed by atoms with van der Waals surface area (Å²) in [6.45, 7) is 2.36. The Morgan fingerprint density at radius 1 is 1.34 bits per heavy atom. The molecule has 152 valence electrons. The zero-order valence-corrected chi connectivity index (χ0v) is 18.4. The summed E-state index contributed by atoms with van der Waals surface area (Å²) in [5.41, 5.74) is 1.73. The molecule has 29 heavy (non-hydrogen) atoms. The highest BCUT2D eigenvalue weighted by molar-refractivity contribution is 7.18. The molecule has 0 aliphatic heterocycles. The van der Waals surface area contributed by atoms with Gasteiger partial charge in [-0.25, -0.2) is 4.98 Å². The third kappa shape index (κ3) is 3.89. The Hall–Kier alpha value is -2.02. The minimum Gasteiger partial charge on any atom is -0.491 e. The van der Waals surface area contributed by atoms with E-state index in [1.54, 1.807) is 29.5 Å². The van der Waals surface area contributed by atoms with Crippen molar-refractivity contribution in [2.45, 2.75) is 32.6 Å². The van der Waals surface area contributed by atoms with Crippen LogP contribution in [0.3, 0.4) is 0 Å². The van der Waals surface area contributed by atoms with E-state index in [0.29, 0.717) is 39.4 Å². The van der Waals surface area contributed by atoms with Crippen molar-refractivity contribution in [1.82, 2.24) is 9.97 Å². The molecule has 1 N–H and O–H groups in total. The Morgan fingerprint density at radius 2 is 2.14 bits per heavy atom. The lowest BCUT2D eigenvalue weighted by atomic mass is 9.97. The minimum atomic E-state index is -0.140. The van der Waals surface area contributed by atoms with E-state index in [-0.39, 0.29) is 5.56 Å². The molecule has 1 aliphatic rings. The zero-order chi connectivity index (χ0) is 20.5. The number of benzene rings is 1. The Bertz CT molecular complexity index is 1170. The number of rotatable bonds is 5. The summed E-state index contributed by atoms with van der Waals surface area (Å²) in [7, 11) is 1.54. The summed E-state index contributed by atoms with van der Waals surface area (Å²) < 4.78 is 10.9. The van der Waals surface area contributed by atoms with Gasteiger partial charge in [-0.15, -0.1) is 11.3 Å². The van der Waals surface area contributed by atoms with Crippen LogP contribution in [-0.4, -0.2) is 23.7 Å². The third-order valence-corrected chi connectivity index (χ3v) is 6.64. The van der Waals surface area contributed by atoms with E-state index in [4.69, 9.17) is 32.7 Å². The number of ether oxygens (including phenoxy) is 2. The fourth-order valence-corrected chi connectivity index (χ4v) is 5.40. The van der Waals surface area contributed by atoms with Crippen molar-refractivity contribution in [2.24, 2.45) is 0 Å². The van der Waals surface area contributed by atoms with Gasteiger partial charge in [0, 0.05) is 4.88 Å². The van der Waals surface area contributed by atoms with Gasteiger partial charge < -0.3 is 14.5 Å². The quantitative estimate of drug-likeness (QED) is 0.544. The van der Waals surface area contributed by atoms with Gasteiger partial charge in [0.25, 0.3) is 5.56 Å². The van der Waals surface area contributed by atoms with Crippen molar-refractivity contribution in [3.63, 3.8) is 0 Å². The van der Waals surface area contributed by atoms with Gasteiger partial charge in [-0.05, 0) is 61.9 Å². The lowest BCUT2D eigenvalue weighted by molar-refractivity contribution is 0.311. The van der Waals surface area contributed by atoms with E-state index in [1.807, 2.05) is 6.92 Å². The number of aryl methyl sites for hydroxylation is 2. The second kappa shape index (κ2) is 8.38. The molecule has 0 saturated carbocycles. The van der Waals surface area contributed by atoms with Crippen LogP contribution >= 0.6 is 34.5 Å². The van der Waals surface area contributed by atoms with Crippen LogP contribution < -0.4 is 15.0 Å². The monoisotopic (exact) mass is 450 g/mol.